The first-order chi connectivity index (χ1) is 9.11. The van der Waals surface area contributed by atoms with Crippen LogP contribution in [0.5, 0.6) is 0 Å². The lowest BCUT2D eigenvalue weighted by atomic mass is 10.1. The maximum atomic E-state index is 11.4. The number of anilines is 1. The first kappa shape index (κ1) is 15.2. The Morgan fingerprint density at radius 1 is 1.21 bits per heavy atom. The molecule has 0 saturated carbocycles. The molecule has 0 saturated heterocycles. The summed E-state index contributed by atoms with van der Waals surface area (Å²) in [6, 6.07) is 7.62. The summed E-state index contributed by atoms with van der Waals surface area (Å²) in [6.45, 7) is 1.42. The number of benzene rings is 1. The predicted molar refractivity (Wildman–Crippen MR) is 72.1 cm³/mol. The highest BCUT2D eigenvalue weighted by molar-refractivity contribution is 5.91. The highest BCUT2D eigenvalue weighted by atomic mass is 16.5. The summed E-state index contributed by atoms with van der Waals surface area (Å²) in [5.41, 5.74) is 1.92. The van der Waals surface area contributed by atoms with Gasteiger partial charge in [-0.05, 0) is 30.5 Å². The molecule has 0 fully saturated rings. The number of unbranched alkanes of at least 4 members (excludes halogenated alkanes) is 1. The van der Waals surface area contributed by atoms with E-state index >= 15 is 0 Å². The monoisotopic (exact) mass is 265 g/mol. The smallest absolute Gasteiger partial charge is 0.329 e. The molecule has 0 radical (unpaired) electrons. The normalized spacial score (nSPS) is 10.2. The van der Waals surface area contributed by atoms with E-state index in [1.165, 1.54) is 5.56 Å². The third-order valence-electron chi connectivity index (χ3n) is 2.52. The first-order valence-electron chi connectivity index (χ1n) is 6.30. The van der Waals surface area contributed by atoms with Crippen molar-refractivity contribution in [2.24, 2.45) is 0 Å². The van der Waals surface area contributed by atoms with Crippen molar-refractivity contribution in [3.8, 4) is 0 Å². The SMILES string of the molecule is CCCCc1ccc(NC(=O)COCC(=O)O)cc1. The van der Waals surface area contributed by atoms with Gasteiger partial charge in [-0.1, -0.05) is 25.5 Å². The van der Waals surface area contributed by atoms with Gasteiger partial charge in [0.25, 0.3) is 0 Å². The fourth-order valence-electron chi connectivity index (χ4n) is 1.56. The van der Waals surface area contributed by atoms with Crippen LogP contribution in [0, 0.1) is 0 Å². The number of carbonyl (C=O) groups excluding carboxylic acids is 1. The summed E-state index contributed by atoms with van der Waals surface area (Å²) >= 11 is 0. The van der Waals surface area contributed by atoms with Crippen molar-refractivity contribution in [2.75, 3.05) is 18.5 Å². The van der Waals surface area contributed by atoms with Crippen LogP contribution in [0.15, 0.2) is 24.3 Å². The molecule has 0 aliphatic carbocycles. The Labute approximate surface area is 112 Å². The Kier molecular flexibility index (Phi) is 6.60. The van der Waals surface area contributed by atoms with Crippen molar-refractivity contribution in [2.45, 2.75) is 26.2 Å². The maximum absolute atomic E-state index is 11.4. The van der Waals surface area contributed by atoms with E-state index in [1.54, 1.807) is 0 Å². The van der Waals surface area contributed by atoms with E-state index in [0.717, 1.165) is 19.3 Å². The molecule has 1 rings (SSSR count). The number of carboxylic acids is 1. The van der Waals surface area contributed by atoms with Crippen molar-refractivity contribution in [1.82, 2.24) is 0 Å². The van der Waals surface area contributed by atoms with Gasteiger partial charge in [-0.2, -0.15) is 0 Å². The molecule has 19 heavy (non-hydrogen) atoms. The molecule has 0 bridgehead atoms. The lowest BCUT2D eigenvalue weighted by Gasteiger charge is -2.06. The molecule has 1 amide bonds. The van der Waals surface area contributed by atoms with Crippen LogP contribution in [0.3, 0.4) is 0 Å². The van der Waals surface area contributed by atoms with Crippen LogP contribution in [-0.4, -0.2) is 30.2 Å². The molecule has 0 aliphatic rings. The molecule has 0 aliphatic heterocycles. The zero-order valence-corrected chi connectivity index (χ0v) is 11.0. The van der Waals surface area contributed by atoms with Gasteiger partial charge in [0.15, 0.2) is 0 Å². The van der Waals surface area contributed by atoms with Gasteiger partial charge in [0.1, 0.15) is 13.2 Å². The number of aryl methyl sites for hydroxylation is 1. The topological polar surface area (TPSA) is 75.6 Å². The highest BCUT2D eigenvalue weighted by Gasteiger charge is 2.04. The number of hydrogen-bond donors (Lipinski definition) is 2. The summed E-state index contributed by atoms with van der Waals surface area (Å²) in [5.74, 6) is -1.45. The minimum Gasteiger partial charge on any atom is -0.480 e. The van der Waals surface area contributed by atoms with Gasteiger partial charge in [0.05, 0.1) is 0 Å². The number of ether oxygens (including phenoxy) is 1. The third-order valence-corrected chi connectivity index (χ3v) is 2.52. The molecule has 104 valence electrons. The average molecular weight is 265 g/mol. The average Bonchev–Trinajstić information content (AvgIpc) is 2.37. The molecule has 0 unspecified atom stereocenters. The van der Waals surface area contributed by atoms with Crippen LogP contribution >= 0.6 is 0 Å². The molecule has 0 atom stereocenters. The van der Waals surface area contributed by atoms with Gasteiger partial charge in [0, 0.05) is 5.69 Å². The van der Waals surface area contributed by atoms with Crippen molar-refractivity contribution < 1.29 is 19.4 Å². The number of rotatable bonds is 8. The van der Waals surface area contributed by atoms with E-state index in [1.807, 2.05) is 24.3 Å². The summed E-state index contributed by atoms with van der Waals surface area (Å²) < 4.78 is 4.69. The number of nitrogens with one attached hydrogen (secondary N) is 1. The Hall–Kier alpha value is -1.88. The highest BCUT2D eigenvalue weighted by Crippen LogP contribution is 2.11. The Balaban J connectivity index is 2.35. The van der Waals surface area contributed by atoms with Gasteiger partial charge in [-0.15, -0.1) is 0 Å². The lowest BCUT2D eigenvalue weighted by molar-refractivity contribution is -0.143. The molecular weight excluding hydrogens is 246 g/mol. The zero-order valence-electron chi connectivity index (χ0n) is 11.0. The van der Waals surface area contributed by atoms with E-state index < -0.39 is 12.6 Å². The fourth-order valence-corrected chi connectivity index (χ4v) is 1.56. The van der Waals surface area contributed by atoms with E-state index in [2.05, 4.69) is 12.2 Å². The summed E-state index contributed by atoms with van der Waals surface area (Å²) in [5, 5.41) is 11.0. The maximum Gasteiger partial charge on any atom is 0.329 e. The number of aliphatic carboxylic acids is 1. The van der Waals surface area contributed by atoms with E-state index in [0.29, 0.717) is 5.69 Å². The Morgan fingerprint density at radius 3 is 2.47 bits per heavy atom. The lowest BCUT2D eigenvalue weighted by Crippen LogP contribution is -2.20. The minimum absolute atomic E-state index is 0.260. The molecule has 0 heterocycles. The van der Waals surface area contributed by atoms with E-state index in [9.17, 15) is 9.59 Å². The second kappa shape index (κ2) is 8.26. The van der Waals surface area contributed by atoms with E-state index in [4.69, 9.17) is 9.84 Å². The van der Waals surface area contributed by atoms with Crippen molar-refractivity contribution >= 4 is 17.6 Å². The number of carboxylic acid groups (broad SMARTS) is 1. The van der Waals surface area contributed by atoms with Crippen LogP contribution in [0.4, 0.5) is 5.69 Å². The van der Waals surface area contributed by atoms with Crippen LogP contribution in [0.1, 0.15) is 25.3 Å². The van der Waals surface area contributed by atoms with Gasteiger partial charge < -0.3 is 15.2 Å². The van der Waals surface area contributed by atoms with Gasteiger partial charge >= 0.3 is 5.97 Å². The molecule has 2 N–H and O–H groups in total. The van der Waals surface area contributed by atoms with Crippen LogP contribution in [0.2, 0.25) is 0 Å². The summed E-state index contributed by atoms with van der Waals surface area (Å²) in [6.07, 6.45) is 3.33. The molecule has 0 aromatic heterocycles. The Morgan fingerprint density at radius 2 is 1.89 bits per heavy atom. The molecule has 1 aromatic rings. The van der Waals surface area contributed by atoms with Crippen molar-refractivity contribution in [1.29, 1.82) is 0 Å². The van der Waals surface area contributed by atoms with Gasteiger partial charge in [0.2, 0.25) is 5.91 Å². The van der Waals surface area contributed by atoms with E-state index in [-0.39, 0.29) is 12.5 Å². The van der Waals surface area contributed by atoms with Crippen LogP contribution in [0.25, 0.3) is 0 Å². The fraction of sp³-hybridized carbons (Fsp3) is 0.429. The molecule has 5 nitrogen and oxygen atoms in total. The molecule has 0 spiro atoms. The van der Waals surface area contributed by atoms with Gasteiger partial charge in [-0.3, -0.25) is 4.79 Å². The number of hydrogen-bond acceptors (Lipinski definition) is 3. The zero-order chi connectivity index (χ0) is 14.1. The second-order valence-corrected chi connectivity index (χ2v) is 4.24. The Bertz CT molecular complexity index is 414. The number of carbonyl (C=O) groups is 2. The molecule has 1 aromatic carbocycles. The minimum atomic E-state index is -1.09. The second-order valence-electron chi connectivity index (χ2n) is 4.24. The summed E-state index contributed by atoms with van der Waals surface area (Å²) in [4.78, 5) is 21.6. The largest absolute Gasteiger partial charge is 0.480 e. The van der Waals surface area contributed by atoms with Crippen molar-refractivity contribution in [3.05, 3.63) is 29.8 Å². The molecular formula is C14H19NO4. The summed E-state index contributed by atoms with van der Waals surface area (Å²) in [7, 11) is 0. The predicted octanol–water partition coefficient (Wildman–Crippen LogP) is 2.07. The standard InChI is InChI=1S/C14H19NO4/c1-2-3-4-11-5-7-12(8-6-11)15-13(16)9-19-10-14(17)18/h5-8H,2-4,9-10H2,1H3,(H,15,16)(H,17,18). The number of amides is 1. The third kappa shape index (κ3) is 6.57. The first-order valence-corrected chi connectivity index (χ1v) is 6.30. The molecule has 5 heteroatoms. The van der Waals surface area contributed by atoms with Gasteiger partial charge in [-0.25, -0.2) is 4.79 Å². The van der Waals surface area contributed by atoms with Crippen LogP contribution < -0.4 is 5.32 Å². The quantitative estimate of drug-likeness (QED) is 0.754. The van der Waals surface area contributed by atoms with Crippen LogP contribution in [-0.2, 0) is 20.7 Å². The van der Waals surface area contributed by atoms with Crippen molar-refractivity contribution in [3.63, 3.8) is 0 Å².